The highest BCUT2D eigenvalue weighted by molar-refractivity contribution is 5.90. The molecule has 0 saturated heterocycles. The van der Waals surface area contributed by atoms with E-state index < -0.39 is 12.0 Å². The van der Waals surface area contributed by atoms with Crippen molar-refractivity contribution in [3.05, 3.63) is 88.5 Å². The number of para-hydroxylation sites is 1. The minimum Gasteiger partial charge on any atom is -0.466 e. The molecule has 0 amide bonds. The van der Waals surface area contributed by atoms with Crippen molar-refractivity contribution in [1.82, 2.24) is 9.55 Å². The number of aryl methyl sites for hydroxylation is 1. The van der Waals surface area contributed by atoms with Crippen LogP contribution in [-0.4, -0.2) is 22.6 Å². The first kappa shape index (κ1) is 16.6. The molecular weight excluding hydrogens is 316 g/mol. The van der Waals surface area contributed by atoms with Gasteiger partial charge in [-0.2, -0.15) is 0 Å². The summed E-state index contributed by atoms with van der Waals surface area (Å²) in [6.45, 7) is 5.81. The van der Waals surface area contributed by atoms with E-state index in [1.165, 1.54) is 17.7 Å². The van der Waals surface area contributed by atoms with E-state index in [2.05, 4.69) is 11.6 Å². The quantitative estimate of drug-likeness (QED) is 0.543. The van der Waals surface area contributed by atoms with E-state index in [1.54, 1.807) is 12.3 Å². The molecule has 126 valence electrons. The fraction of sp³-hybridized carbons (Fsp3) is 0.150. The summed E-state index contributed by atoms with van der Waals surface area (Å²) in [5.74, 6) is -0.576. The highest BCUT2D eigenvalue weighted by Crippen LogP contribution is 2.27. The lowest BCUT2D eigenvalue weighted by Gasteiger charge is -2.22. The molecule has 25 heavy (non-hydrogen) atoms. The van der Waals surface area contributed by atoms with Crippen LogP contribution in [0.5, 0.6) is 0 Å². The lowest BCUT2D eigenvalue weighted by atomic mass is 10.0. The summed E-state index contributed by atoms with van der Waals surface area (Å²) in [5.41, 5.74) is 2.15. The summed E-state index contributed by atoms with van der Waals surface area (Å²) in [7, 11) is 1.29. The number of carbonyl (C=O) groups is 1. The van der Waals surface area contributed by atoms with Crippen molar-refractivity contribution in [2.75, 3.05) is 7.11 Å². The number of rotatable bonds is 4. The molecular formula is C20H18N2O3. The Bertz CT molecular complexity index is 1020. The first-order chi connectivity index (χ1) is 12.0. The van der Waals surface area contributed by atoms with Crippen molar-refractivity contribution < 1.29 is 9.53 Å². The first-order valence-corrected chi connectivity index (χ1v) is 7.83. The van der Waals surface area contributed by atoms with Crippen molar-refractivity contribution in [2.45, 2.75) is 13.0 Å². The van der Waals surface area contributed by atoms with E-state index in [-0.39, 0.29) is 11.1 Å². The highest BCUT2D eigenvalue weighted by Gasteiger charge is 2.26. The van der Waals surface area contributed by atoms with Gasteiger partial charge < -0.3 is 4.74 Å². The zero-order valence-corrected chi connectivity index (χ0v) is 14.1. The smallest absolute Gasteiger partial charge is 0.335 e. The van der Waals surface area contributed by atoms with Crippen molar-refractivity contribution in [2.24, 2.45) is 0 Å². The van der Waals surface area contributed by atoms with E-state index >= 15 is 0 Å². The normalized spacial score (nSPS) is 11.9. The van der Waals surface area contributed by atoms with Gasteiger partial charge in [-0.25, -0.2) is 4.79 Å². The number of benzene rings is 1. The molecule has 3 rings (SSSR count). The van der Waals surface area contributed by atoms with E-state index in [4.69, 9.17) is 4.74 Å². The van der Waals surface area contributed by atoms with Gasteiger partial charge in [0.2, 0.25) is 0 Å². The third kappa shape index (κ3) is 3.08. The number of hydrogen-bond donors (Lipinski definition) is 0. The molecule has 2 aromatic heterocycles. The Labute approximate surface area is 145 Å². The SMILES string of the molecule is C=C(C(=O)OC)C(c1cc(C)ccn1)n1c(=O)ccc2ccccc21. The van der Waals surface area contributed by atoms with Gasteiger partial charge in [0.1, 0.15) is 6.04 Å². The second-order valence-electron chi connectivity index (χ2n) is 5.78. The Kier molecular flexibility index (Phi) is 4.48. The minimum absolute atomic E-state index is 0.152. The molecule has 0 spiro atoms. The molecule has 1 aromatic carbocycles. The van der Waals surface area contributed by atoms with Crippen molar-refractivity contribution in [3.8, 4) is 0 Å². The Balaban J connectivity index is 2.33. The van der Waals surface area contributed by atoms with Crippen LogP contribution in [0.2, 0.25) is 0 Å². The predicted molar refractivity (Wildman–Crippen MR) is 96.5 cm³/mol. The Morgan fingerprint density at radius 3 is 2.68 bits per heavy atom. The fourth-order valence-electron chi connectivity index (χ4n) is 2.89. The third-order valence-corrected chi connectivity index (χ3v) is 4.09. The second-order valence-corrected chi connectivity index (χ2v) is 5.78. The second kappa shape index (κ2) is 6.73. The Hall–Kier alpha value is -3.21. The standard InChI is InChI=1S/C20H18N2O3/c1-13-10-11-21-16(12-13)19(14(2)20(24)25-3)22-17-7-5-4-6-15(17)8-9-18(22)23/h4-12,19H,2H2,1,3H3. The maximum Gasteiger partial charge on any atom is 0.335 e. The molecule has 3 aromatic rings. The molecule has 0 aliphatic heterocycles. The van der Waals surface area contributed by atoms with Crippen LogP contribution >= 0.6 is 0 Å². The van der Waals surface area contributed by atoms with Crippen molar-refractivity contribution in [3.63, 3.8) is 0 Å². The molecule has 0 bridgehead atoms. The van der Waals surface area contributed by atoms with E-state index in [1.807, 2.05) is 43.3 Å². The molecule has 0 aliphatic rings. The van der Waals surface area contributed by atoms with E-state index in [0.717, 1.165) is 10.9 Å². The molecule has 5 nitrogen and oxygen atoms in total. The molecule has 0 saturated carbocycles. The van der Waals surface area contributed by atoms with Gasteiger partial charge >= 0.3 is 5.97 Å². The Morgan fingerprint density at radius 2 is 1.96 bits per heavy atom. The monoisotopic (exact) mass is 334 g/mol. The van der Waals surface area contributed by atoms with Crippen LogP contribution in [0.25, 0.3) is 10.9 Å². The average molecular weight is 334 g/mol. The van der Waals surface area contributed by atoms with Gasteiger partial charge in [0.15, 0.2) is 0 Å². The maximum absolute atomic E-state index is 12.7. The number of aromatic nitrogens is 2. The van der Waals surface area contributed by atoms with Crippen LogP contribution in [-0.2, 0) is 9.53 Å². The lowest BCUT2D eigenvalue weighted by Crippen LogP contribution is -2.29. The molecule has 1 atom stereocenters. The number of pyridine rings is 2. The van der Waals surface area contributed by atoms with Gasteiger partial charge in [0.25, 0.3) is 5.56 Å². The summed E-state index contributed by atoms with van der Waals surface area (Å²) < 4.78 is 6.37. The molecule has 5 heteroatoms. The van der Waals surface area contributed by atoms with Gasteiger partial charge in [-0.05, 0) is 42.1 Å². The number of esters is 1. The van der Waals surface area contributed by atoms with Crippen molar-refractivity contribution >= 4 is 16.9 Å². The summed E-state index contributed by atoms with van der Waals surface area (Å²) in [6.07, 6.45) is 1.65. The molecule has 0 fully saturated rings. The summed E-state index contributed by atoms with van der Waals surface area (Å²) in [5, 5.41) is 0.886. The average Bonchev–Trinajstić information content (AvgIpc) is 2.63. The van der Waals surface area contributed by atoms with Crippen LogP contribution < -0.4 is 5.56 Å². The molecule has 1 unspecified atom stereocenters. The van der Waals surface area contributed by atoms with Crippen LogP contribution in [0, 0.1) is 6.92 Å². The number of hydrogen-bond acceptors (Lipinski definition) is 4. The number of methoxy groups -OCH3 is 1. The first-order valence-electron chi connectivity index (χ1n) is 7.83. The zero-order chi connectivity index (χ0) is 18.0. The highest BCUT2D eigenvalue weighted by atomic mass is 16.5. The summed E-state index contributed by atoms with van der Waals surface area (Å²) in [6, 6.07) is 13.7. The van der Waals surface area contributed by atoms with Gasteiger partial charge in [0, 0.05) is 12.3 Å². The fourth-order valence-corrected chi connectivity index (χ4v) is 2.89. The number of carbonyl (C=O) groups excluding carboxylic acids is 1. The van der Waals surface area contributed by atoms with Gasteiger partial charge in [-0.1, -0.05) is 24.8 Å². The van der Waals surface area contributed by atoms with Gasteiger partial charge in [-0.3, -0.25) is 14.3 Å². The molecule has 0 radical (unpaired) electrons. The van der Waals surface area contributed by atoms with Crippen LogP contribution in [0.4, 0.5) is 0 Å². The van der Waals surface area contributed by atoms with Crippen LogP contribution in [0.15, 0.2) is 71.7 Å². The Morgan fingerprint density at radius 1 is 1.20 bits per heavy atom. The largest absolute Gasteiger partial charge is 0.466 e. The number of nitrogens with zero attached hydrogens (tertiary/aromatic N) is 2. The molecule has 2 heterocycles. The molecule has 0 N–H and O–H groups in total. The van der Waals surface area contributed by atoms with Gasteiger partial charge in [0.05, 0.1) is 23.9 Å². The lowest BCUT2D eigenvalue weighted by molar-refractivity contribution is -0.136. The summed E-state index contributed by atoms with van der Waals surface area (Å²) >= 11 is 0. The van der Waals surface area contributed by atoms with Gasteiger partial charge in [-0.15, -0.1) is 0 Å². The molecule has 0 aliphatic carbocycles. The number of ether oxygens (including phenoxy) is 1. The number of fused-ring (bicyclic) bond motifs is 1. The van der Waals surface area contributed by atoms with E-state index in [0.29, 0.717) is 11.2 Å². The van der Waals surface area contributed by atoms with Crippen molar-refractivity contribution in [1.29, 1.82) is 0 Å². The minimum atomic E-state index is -0.744. The summed E-state index contributed by atoms with van der Waals surface area (Å²) in [4.78, 5) is 29.2. The zero-order valence-electron chi connectivity index (χ0n) is 14.1. The third-order valence-electron chi connectivity index (χ3n) is 4.09. The van der Waals surface area contributed by atoms with Crippen LogP contribution in [0.3, 0.4) is 0 Å². The topological polar surface area (TPSA) is 61.2 Å². The van der Waals surface area contributed by atoms with E-state index in [9.17, 15) is 9.59 Å². The van der Waals surface area contributed by atoms with Crippen LogP contribution in [0.1, 0.15) is 17.3 Å². The maximum atomic E-state index is 12.7. The predicted octanol–water partition coefficient (Wildman–Crippen LogP) is 3.02.